The van der Waals surface area contributed by atoms with Gasteiger partial charge in [0.25, 0.3) is 5.91 Å². The number of para-hydroxylation sites is 1. The number of anilines is 1. The molecule has 0 aliphatic carbocycles. The number of piperazine rings is 1. The van der Waals surface area contributed by atoms with Crippen molar-refractivity contribution in [3.8, 4) is 23.3 Å². The predicted octanol–water partition coefficient (Wildman–Crippen LogP) is 3.23. The van der Waals surface area contributed by atoms with Gasteiger partial charge in [0.2, 0.25) is 0 Å². The van der Waals surface area contributed by atoms with Crippen molar-refractivity contribution in [1.82, 2.24) is 34.6 Å². The number of fused-ring (bicyclic) bond motifs is 1. The number of imidazole rings is 1. The summed E-state index contributed by atoms with van der Waals surface area (Å²) in [6.07, 6.45) is 3.06. The molecule has 2 aromatic carbocycles. The molecule has 12 nitrogen and oxygen atoms in total. The summed E-state index contributed by atoms with van der Waals surface area (Å²) in [5, 5.41) is 16.0. The van der Waals surface area contributed by atoms with E-state index in [-0.39, 0.29) is 30.2 Å². The molecule has 234 valence electrons. The Morgan fingerprint density at radius 2 is 1.73 bits per heavy atom. The fraction of sp³-hybridized carbons (Fsp3) is 0.364. The van der Waals surface area contributed by atoms with Crippen LogP contribution in [0.15, 0.2) is 77.4 Å². The van der Waals surface area contributed by atoms with Gasteiger partial charge in [-0.25, -0.2) is 14.8 Å². The van der Waals surface area contributed by atoms with Crippen LogP contribution in [0.4, 0.5) is 5.82 Å². The highest BCUT2D eigenvalue weighted by molar-refractivity contribution is 5.97. The van der Waals surface area contributed by atoms with E-state index in [1.807, 2.05) is 58.0 Å². The first-order chi connectivity index (χ1) is 21.5. The lowest BCUT2D eigenvalue weighted by molar-refractivity contribution is -0.117. The first-order valence-corrected chi connectivity index (χ1v) is 14.9. The summed E-state index contributed by atoms with van der Waals surface area (Å²) in [5.41, 5.74) is 6.28. The summed E-state index contributed by atoms with van der Waals surface area (Å²) < 4.78 is 8.94. The number of hydrogen-bond donors (Lipinski definition) is 3. The maximum atomic E-state index is 13.9. The van der Waals surface area contributed by atoms with Gasteiger partial charge >= 0.3 is 5.69 Å². The SMILES string of the molecule is CC(C)(CNC(=O)/C(C#N)=C/C(C)(C)N1CCNCC1)Cn1c(=O)n(-c2ccc(Oc3ccccc3)cc2)c2c(N)ncnc21. The number of rotatable bonds is 10. The number of nitrogens with two attached hydrogens (primary N) is 1. The number of benzene rings is 2. The summed E-state index contributed by atoms with van der Waals surface area (Å²) in [6.45, 7) is 11.7. The van der Waals surface area contributed by atoms with E-state index in [1.165, 1.54) is 10.9 Å². The summed E-state index contributed by atoms with van der Waals surface area (Å²) in [4.78, 5) is 37.8. The summed E-state index contributed by atoms with van der Waals surface area (Å²) in [7, 11) is 0. The van der Waals surface area contributed by atoms with Crippen LogP contribution in [0.25, 0.3) is 16.9 Å². The molecule has 2 aromatic heterocycles. The molecule has 1 saturated heterocycles. The highest BCUT2D eigenvalue weighted by atomic mass is 16.5. The number of carbonyl (C=O) groups excluding carboxylic acids is 1. The van der Waals surface area contributed by atoms with Crippen molar-refractivity contribution in [3.63, 3.8) is 0 Å². The number of carbonyl (C=O) groups is 1. The molecule has 4 N–H and O–H groups in total. The fourth-order valence-electron chi connectivity index (χ4n) is 5.50. The van der Waals surface area contributed by atoms with Crippen LogP contribution in [0.5, 0.6) is 11.5 Å². The maximum absolute atomic E-state index is 13.9. The standard InChI is InChI=1S/C33H39N9O3/c1-32(2,20-37-30(43)23(19-34)18-33(3,4)40-16-14-36-15-17-40)21-41-29-27(28(35)38-22-39-29)42(31(41)44)24-10-12-26(13-11-24)45-25-8-6-5-7-9-25/h5-13,18,22,36H,14-17,20-21H2,1-4H3,(H,37,43)(H2,35,38,39)/b23-18+. The largest absolute Gasteiger partial charge is 0.457 e. The van der Waals surface area contributed by atoms with E-state index in [9.17, 15) is 14.9 Å². The number of nitriles is 1. The first-order valence-electron chi connectivity index (χ1n) is 14.9. The molecule has 1 amide bonds. The average Bonchev–Trinajstić information content (AvgIpc) is 3.31. The van der Waals surface area contributed by atoms with Crippen LogP contribution in [-0.2, 0) is 11.3 Å². The number of nitrogens with zero attached hydrogens (tertiary/aromatic N) is 6. The molecule has 1 aliphatic heterocycles. The number of nitrogen functional groups attached to an aromatic ring is 1. The van der Waals surface area contributed by atoms with E-state index >= 15 is 0 Å². The minimum Gasteiger partial charge on any atom is -0.457 e. The van der Waals surface area contributed by atoms with Crippen molar-refractivity contribution in [2.24, 2.45) is 5.41 Å². The molecule has 1 fully saturated rings. The first kappa shape index (κ1) is 31.4. The highest BCUT2D eigenvalue weighted by Gasteiger charge is 2.29. The van der Waals surface area contributed by atoms with Gasteiger partial charge in [-0.15, -0.1) is 0 Å². The van der Waals surface area contributed by atoms with Gasteiger partial charge in [-0.3, -0.25) is 18.8 Å². The van der Waals surface area contributed by atoms with Crippen molar-refractivity contribution in [3.05, 3.63) is 83.1 Å². The monoisotopic (exact) mass is 609 g/mol. The van der Waals surface area contributed by atoms with E-state index in [0.717, 1.165) is 26.2 Å². The lowest BCUT2D eigenvalue weighted by Crippen LogP contribution is -2.52. The molecular formula is C33H39N9O3. The number of nitrogens with one attached hydrogen (secondary N) is 2. The van der Waals surface area contributed by atoms with Gasteiger partial charge < -0.3 is 21.1 Å². The second-order valence-corrected chi connectivity index (χ2v) is 12.5. The Bertz CT molecular complexity index is 1790. The molecular weight excluding hydrogens is 570 g/mol. The second kappa shape index (κ2) is 12.9. The number of ether oxygens (including phenoxy) is 1. The minimum absolute atomic E-state index is 0.0586. The Balaban J connectivity index is 1.36. The Morgan fingerprint density at radius 1 is 1.07 bits per heavy atom. The molecule has 1 aliphatic rings. The Morgan fingerprint density at radius 3 is 2.40 bits per heavy atom. The third-order valence-corrected chi connectivity index (χ3v) is 7.91. The van der Waals surface area contributed by atoms with E-state index in [0.29, 0.717) is 28.4 Å². The fourth-order valence-corrected chi connectivity index (χ4v) is 5.50. The third-order valence-electron chi connectivity index (χ3n) is 7.91. The Hall–Kier alpha value is -4.99. The molecule has 3 heterocycles. The lowest BCUT2D eigenvalue weighted by atomic mass is 9.93. The van der Waals surface area contributed by atoms with Gasteiger partial charge in [-0.05, 0) is 56.3 Å². The summed E-state index contributed by atoms with van der Waals surface area (Å²) in [5.74, 6) is 1.03. The lowest BCUT2D eigenvalue weighted by Gasteiger charge is -2.39. The molecule has 4 aromatic rings. The van der Waals surface area contributed by atoms with Gasteiger partial charge in [0.05, 0.1) is 5.69 Å². The third kappa shape index (κ3) is 7.06. The van der Waals surface area contributed by atoms with Crippen LogP contribution in [-0.4, -0.2) is 68.2 Å². The van der Waals surface area contributed by atoms with Crippen LogP contribution in [0.1, 0.15) is 27.7 Å². The van der Waals surface area contributed by atoms with Crippen LogP contribution >= 0.6 is 0 Å². The zero-order valence-corrected chi connectivity index (χ0v) is 26.1. The highest BCUT2D eigenvalue weighted by Crippen LogP contribution is 2.27. The minimum atomic E-state index is -0.597. The van der Waals surface area contributed by atoms with Crippen LogP contribution in [0.3, 0.4) is 0 Å². The number of hydrogen-bond acceptors (Lipinski definition) is 9. The summed E-state index contributed by atoms with van der Waals surface area (Å²) >= 11 is 0. The summed E-state index contributed by atoms with van der Waals surface area (Å²) in [6, 6.07) is 18.6. The second-order valence-electron chi connectivity index (χ2n) is 12.5. The molecule has 45 heavy (non-hydrogen) atoms. The van der Waals surface area contributed by atoms with E-state index in [2.05, 4.69) is 31.6 Å². The Kier molecular flexibility index (Phi) is 9.04. The zero-order valence-electron chi connectivity index (χ0n) is 26.1. The van der Waals surface area contributed by atoms with E-state index in [4.69, 9.17) is 10.5 Å². The molecule has 12 heteroatoms. The Labute approximate surface area is 262 Å². The molecule has 0 unspecified atom stereocenters. The average molecular weight is 610 g/mol. The zero-order chi connectivity index (χ0) is 32.2. The van der Waals surface area contributed by atoms with E-state index < -0.39 is 16.9 Å². The number of aromatic nitrogens is 4. The number of amides is 1. The van der Waals surface area contributed by atoms with Gasteiger partial charge in [0.1, 0.15) is 35.0 Å². The van der Waals surface area contributed by atoms with Gasteiger partial charge in [-0.2, -0.15) is 5.26 Å². The van der Waals surface area contributed by atoms with Gasteiger partial charge in [0.15, 0.2) is 11.5 Å². The van der Waals surface area contributed by atoms with Crippen LogP contribution < -0.4 is 26.8 Å². The molecule has 0 spiro atoms. The smallest absolute Gasteiger partial charge is 0.335 e. The maximum Gasteiger partial charge on any atom is 0.335 e. The molecule has 0 atom stereocenters. The van der Waals surface area contributed by atoms with E-state index in [1.54, 1.807) is 34.9 Å². The van der Waals surface area contributed by atoms with Crippen molar-refractivity contribution < 1.29 is 9.53 Å². The quantitative estimate of drug-likeness (QED) is 0.181. The normalized spacial score (nSPS) is 14.7. The topological polar surface area (TPSA) is 156 Å². The van der Waals surface area contributed by atoms with Crippen LogP contribution in [0, 0.1) is 16.7 Å². The van der Waals surface area contributed by atoms with Crippen molar-refractivity contribution in [2.45, 2.75) is 39.8 Å². The molecule has 0 saturated carbocycles. The van der Waals surface area contributed by atoms with Crippen molar-refractivity contribution in [2.75, 3.05) is 38.5 Å². The van der Waals surface area contributed by atoms with Crippen molar-refractivity contribution >= 4 is 22.9 Å². The molecule has 0 bridgehead atoms. The molecule has 0 radical (unpaired) electrons. The van der Waals surface area contributed by atoms with Crippen LogP contribution in [0.2, 0.25) is 0 Å². The van der Waals surface area contributed by atoms with Gasteiger partial charge in [0, 0.05) is 50.2 Å². The van der Waals surface area contributed by atoms with Crippen molar-refractivity contribution in [1.29, 1.82) is 5.26 Å². The predicted molar refractivity (Wildman–Crippen MR) is 173 cm³/mol. The molecule has 5 rings (SSSR count). The van der Waals surface area contributed by atoms with Gasteiger partial charge in [-0.1, -0.05) is 32.0 Å².